The smallest absolute Gasteiger partial charge is 0.322 e. The molecule has 1 aliphatic heterocycles. The summed E-state index contributed by atoms with van der Waals surface area (Å²) in [6, 6.07) is 3.93. The van der Waals surface area contributed by atoms with Crippen molar-refractivity contribution >= 4 is 37.7 Å². The molecule has 1 saturated heterocycles. The van der Waals surface area contributed by atoms with E-state index < -0.39 is 10.0 Å². The second-order valence-electron chi connectivity index (χ2n) is 4.22. The van der Waals surface area contributed by atoms with Crippen molar-refractivity contribution in [2.75, 3.05) is 31.6 Å². The summed E-state index contributed by atoms with van der Waals surface area (Å²) < 4.78 is 28.0. The maximum Gasteiger partial charge on any atom is 0.322 e. The zero-order valence-electron chi connectivity index (χ0n) is 10.5. The van der Waals surface area contributed by atoms with Crippen molar-refractivity contribution in [2.45, 2.75) is 4.90 Å². The van der Waals surface area contributed by atoms with Gasteiger partial charge < -0.3 is 15.0 Å². The summed E-state index contributed by atoms with van der Waals surface area (Å²) >= 11 is 3.21. The van der Waals surface area contributed by atoms with Gasteiger partial charge in [0.05, 0.1) is 23.8 Å². The van der Waals surface area contributed by atoms with Gasteiger partial charge in [0.25, 0.3) is 0 Å². The van der Waals surface area contributed by atoms with Crippen molar-refractivity contribution < 1.29 is 17.9 Å². The Morgan fingerprint density at radius 3 is 2.55 bits per heavy atom. The highest BCUT2D eigenvalue weighted by atomic mass is 79.9. The Morgan fingerprint density at radius 2 is 2.00 bits per heavy atom. The first-order chi connectivity index (χ1) is 9.38. The van der Waals surface area contributed by atoms with E-state index in [0.717, 1.165) is 0 Å². The lowest BCUT2D eigenvalue weighted by molar-refractivity contribution is 0.0564. The molecule has 0 atom stereocenters. The highest BCUT2D eigenvalue weighted by molar-refractivity contribution is 9.10. The van der Waals surface area contributed by atoms with Crippen molar-refractivity contribution in [3.8, 4) is 0 Å². The number of hydrogen-bond acceptors (Lipinski definition) is 4. The normalized spacial score (nSPS) is 16.0. The summed E-state index contributed by atoms with van der Waals surface area (Å²) in [5.41, 5.74) is 0.480. The molecular formula is C11H14BrN3O4S. The summed E-state index contributed by atoms with van der Waals surface area (Å²) in [5, 5.41) is 7.74. The minimum Gasteiger partial charge on any atom is -0.378 e. The van der Waals surface area contributed by atoms with Gasteiger partial charge in [-0.3, -0.25) is 0 Å². The number of carbonyl (C=O) groups excluding carboxylic acids is 1. The Kier molecular flexibility index (Phi) is 4.63. The predicted octanol–water partition coefficient (Wildman–Crippen LogP) is 0.961. The molecule has 20 heavy (non-hydrogen) atoms. The Balaban J connectivity index is 2.11. The lowest BCUT2D eigenvalue weighted by Crippen LogP contribution is -2.43. The number of halogens is 1. The maximum absolute atomic E-state index is 12.0. The van der Waals surface area contributed by atoms with Crippen LogP contribution in [0.3, 0.4) is 0 Å². The number of nitrogens with zero attached hydrogens (tertiary/aromatic N) is 1. The second-order valence-corrected chi connectivity index (χ2v) is 6.63. The fraction of sp³-hybridized carbons (Fsp3) is 0.364. The van der Waals surface area contributed by atoms with Crippen molar-refractivity contribution in [3.63, 3.8) is 0 Å². The van der Waals surface area contributed by atoms with Crippen LogP contribution in [0.5, 0.6) is 0 Å². The predicted molar refractivity (Wildman–Crippen MR) is 76.9 cm³/mol. The molecule has 1 aromatic rings. The quantitative estimate of drug-likeness (QED) is 0.816. The van der Waals surface area contributed by atoms with Crippen molar-refractivity contribution in [1.29, 1.82) is 0 Å². The molecule has 0 saturated carbocycles. The summed E-state index contributed by atoms with van der Waals surface area (Å²) in [7, 11) is -3.76. The molecule has 1 aliphatic rings. The number of amides is 2. The highest BCUT2D eigenvalue weighted by Gasteiger charge is 2.18. The summed E-state index contributed by atoms with van der Waals surface area (Å²) in [6.07, 6.45) is 0. The number of urea groups is 1. The van der Waals surface area contributed by atoms with E-state index in [1.165, 1.54) is 18.2 Å². The Morgan fingerprint density at radius 1 is 1.35 bits per heavy atom. The molecule has 1 aromatic carbocycles. The number of ether oxygens (including phenoxy) is 1. The third-order valence-corrected chi connectivity index (χ3v) is 4.38. The molecule has 9 heteroatoms. The number of hydrogen-bond donors (Lipinski definition) is 2. The Labute approximate surface area is 125 Å². The van der Waals surface area contributed by atoms with E-state index in [9.17, 15) is 13.2 Å². The fourth-order valence-corrected chi connectivity index (χ4v) is 2.90. The van der Waals surface area contributed by atoms with E-state index in [2.05, 4.69) is 21.2 Å². The molecule has 0 aliphatic carbocycles. The van der Waals surface area contributed by atoms with Gasteiger partial charge in [0.15, 0.2) is 0 Å². The minimum absolute atomic E-state index is 0.0197. The molecule has 110 valence electrons. The average molecular weight is 364 g/mol. The van der Waals surface area contributed by atoms with Gasteiger partial charge >= 0.3 is 6.03 Å². The largest absolute Gasteiger partial charge is 0.378 e. The van der Waals surface area contributed by atoms with Crippen molar-refractivity contribution in [2.24, 2.45) is 5.14 Å². The zero-order valence-corrected chi connectivity index (χ0v) is 12.9. The van der Waals surface area contributed by atoms with E-state index in [0.29, 0.717) is 36.5 Å². The summed E-state index contributed by atoms with van der Waals surface area (Å²) in [6.45, 7) is 2.08. The van der Waals surface area contributed by atoms with Gasteiger partial charge in [-0.1, -0.05) is 0 Å². The lowest BCUT2D eigenvalue weighted by atomic mass is 10.3. The number of anilines is 1. The molecule has 0 spiro atoms. The molecule has 0 bridgehead atoms. The van der Waals surface area contributed by atoms with Crippen LogP contribution in [0.25, 0.3) is 0 Å². The van der Waals surface area contributed by atoms with Crippen LogP contribution in [0.1, 0.15) is 0 Å². The van der Waals surface area contributed by atoms with Crippen molar-refractivity contribution in [1.82, 2.24) is 4.90 Å². The number of rotatable bonds is 2. The SMILES string of the molecule is NS(=O)(=O)c1ccc(NC(=O)N2CCOCC2)c(Br)c1. The van der Waals surface area contributed by atoms with Gasteiger partial charge in [-0.05, 0) is 34.1 Å². The van der Waals surface area contributed by atoms with Crippen LogP contribution >= 0.6 is 15.9 Å². The number of sulfonamides is 1. The summed E-state index contributed by atoms with van der Waals surface area (Å²) in [5.74, 6) is 0. The topological polar surface area (TPSA) is 102 Å². The van der Waals surface area contributed by atoms with Crippen molar-refractivity contribution in [3.05, 3.63) is 22.7 Å². The lowest BCUT2D eigenvalue weighted by Gasteiger charge is -2.27. The van der Waals surface area contributed by atoms with Crippen LogP contribution in [0, 0.1) is 0 Å². The molecule has 0 radical (unpaired) electrons. The molecule has 2 rings (SSSR count). The molecule has 2 amide bonds. The Hall–Kier alpha value is -1.16. The molecule has 0 aromatic heterocycles. The first-order valence-corrected chi connectivity index (χ1v) is 8.18. The van der Waals surface area contributed by atoms with Gasteiger partial charge in [-0.2, -0.15) is 0 Å². The number of morpholine rings is 1. The molecule has 0 unspecified atom stereocenters. The number of nitrogens with two attached hydrogens (primary N) is 1. The van der Waals surface area contributed by atoms with E-state index in [1.807, 2.05) is 0 Å². The van der Waals surface area contributed by atoms with Crippen LogP contribution in [0.2, 0.25) is 0 Å². The van der Waals surface area contributed by atoms with E-state index in [4.69, 9.17) is 9.88 Å². The monoisotopic (exact) mass is 363 g/mol. The average Bonchev–Trinajstić information content (AvgIpc) is 2.41. The molecule has 3 N–H and O–H groups in total. The van der Waals surface area contributed by atoms with Crippen LogP contribution in [-0.4, -0.2) is 45.7 Å². The third-order valence-electron chi connectivity index (χ3n) is 2.81. The van der Waals surface area contributed by atoms with Gasteiger partial charge in [0.2, 0.25) is 10.0 Å². The summed E-state index contributed by atoms with van der Waals surface area (Å²) in [4.78, 5) is 13.6. The minimum atomic E-state index is -3.76. The second kappa shape index (κ2) is 6.08. The van der Waals surface area contributed by atoms with Gasteiger partial charge in [-0.25, -0.2) is 18.4 Å². The zero-order chi connectivity index (χ0) is 14.8. The van der Waals surface area contributed by atoms with Gasteiger partial charge in [0, 0.05) is 17.6 Å². The van der Waals surface area contributed by atoms with Crippen LogP contribution in [-0.2, 0) is 14.8 Å². The Bertz CT molecular complexity index is 614. The van der Waals surface area contributed by atoms with Crippen LogP contribution in [0.15, 0.2) is 27.6 Å². The van der Waals surface area contributed by atoms with Gasteiger partial charge in [0.1, 0.15) is 0 Å². The number of nitrogens with one attached hydrogen (secondary N) is 1. The number of benzene rings is 1. The van der Waals surface area contributed by atoms with E-state index in [1.54, 1.807) is 4.90 Å². The standard InChI is InChI=1S/C11H14BrN3O4S/c12-9-7-8(20(13,17)18)1-2-10(9)14-11(16)15-3-5-19-6-4-15/h1-2,7H,3-6H2,(H,14,16)(H2,13,17,18). The number of carbonyl (C=O) groups is 1. The molecule has 1 heterocycles. The first kappa shape index (κ1) is 15.2. The van der Waals surface area contributed by atoms with Gasteiger partial charge in [-0.15, -0.1) is 0 Å². The maximum atomic E-state index is 12.0. The highest BCUT2D eigenvalue weighted by Crippen LogP contribution is 2.25. The number of primary sulfonamides is 1. The third kappa shape index (κ3) is 3.69. The van der Waals surface area contributed by atoms with Crippen LogP contribution in [0.4, 0.5) is 10.5 Å². The van der Waals surface area contributed by atoms with E-state index >= 15 is 0 Å². The van der Waals surface area contributed by atoms with E-state index in [-0.39, 0.29) is 10.9 Å². The fourth-order valence-electron chi connectivity index (χ4n) is 1.73. The van der Waals surface area contributed by atoms with Crippen LogP contribution < -0.4 is 10.5 Å². The molecule has 1 fully saturated rings. The molecular weight excluding hydrogens is 350 g/mol. The molecule has 7 nitrogen and oxygen atoms in total. The first-order valence-electron chi connectivity index (χ1n) is 5.84.